The van der Waals surface area contributed by atoms with Gasteiger partial charge in [0.2, 0.25) is 0 Å². The molecule has 0 aliphatic heterocycles. The lowest BCUT2D eigenvalue weighted by Crippen LogP contribution is -2.16. The minimum atomic E-state index is -0.497. The van der Waals surface area contributed by atoms with E-state index >= 15 is 0 Å². The highest BCUT2D eigenvalue weighted by atomic mass is 79.9. The average Bonchev–Trinajstić information content (AvgIpc) is 2.51. The van der Waals surface area contributed by atoms with Crippen LogP contribution in [0.1, 0.15) is 67.2 Å². The van der Waals surface area contributed by atoms with Crippen LogP contribution in [0.4, 0.5) is 0 Å². The summed E-state index contributed by atoms with van der Waals surface area (Å²) in [6.07, 6.45) is 3.55. The van der Waals surface area contributed by atoms with Gasteiger partial charge in [-0.3, -0.25) is 0 Å². The number of benzene rings is 1. The number of esters is 2. The first-order chi connectivity index (χ1) is 11.0. The third kappa shape index (κ3) is 6.73. The highest BCUT2D eigenvalue weighted by Gasteiger charge is 2.22. The second-order valence-corrected chi connectivity index (χ2v) is 6.68. The Morgan fingerprint density at radius 2 is 1.74 bits per heavy atom. The van der Waals surface area contributed by atoms with E-state index in [1.165, 1.54) is 0 Å². The van der Waals surface area contributed by atoms with Gasteiger partial charge in [-0.05, 0) is 53.2 Å². The van der Waals surface area contributed by atoms with Crippen molar-refractivity contribution in [1.82, 2.24) is 0 Å². The van der Waals surface area contributed by atoms with Crippen LogP contribution in [0.2, 0.25) is 0 Å². The molecule has 1 aromatic carbocycles. The van der Waals surface area contributed by atoms with Gasteiger partial charge in [-0.15, -0.1) is 0 Å². The van der Waals surface area contributed by atoms with Gasteiger partial charge in [0.05, 0.1) is 24.3 Å². The summed E-state index contributed by atoms with van der Waals surface area (Å²) in [6.45, 7) is 6.97. The topological polar surface area (TPSA) is 52.6 Å². The molecule has 0 saturated heterocycles. The highest BCUT2D eigenvalue weighted by Crippen LogP contribution is 2.23. The fourth-order valence-electron chi connectivity index (χ4n) is 2.02. The number of hydrogen-bond acceptors (Lipinski definition) is 4. The zero-order valence-corrected chi connectivity index (χ0v) is 15.6. The summed E-state index contributed by atoms with van der Waals surface area (Å²) >= 11 is 3.32. The molecular weight excluding hydrogens is 360 g/mol. The van der Waals surface area contributed by atoms with Crippen LogP contribution in [-0.4, -0.2) is 25.2 Å². The zero-order chi connectivity index (χ0) is 17.2. The van der Waals surface area contributed by atoms with Crippen molar-refractivity contribution in [2.45, 2.75) is 46.5 Å². The van der Waals surface area contributed by atoms with Crippen molar-refractivity contribution in [2.24, 2.45) is 5.92 Å². The van der Waals surface area contributed by atoms with Gasteiger partial charge in [0.15, 0.2) is 0 Å². The maximum atomic E-state index is 12.3. The summed E-state index contributed by atoms with van der Waals surface area (Å²) in [5.74, 6) is -0.418. The van der Waals surface area contributed by atoms with Crippen LogP contribution in [0.25, 0.3) is 0 Å². The number of hydrogen-bond donors (Lipinski definition) is 0. The molecule has 0 amide bonds. The van der Waals surface area contributed by atoms with E-state index in [9.17, 15) is 9.59 Å². The average molecular weight is 385 g/mol. The molecule has 0 N–H and O–H groups in total. The summed E-state index contributed by atoms with van der Waals surface area (Å²) in [4.78, 5) is 24.5. The first-order valence-electron chi connectivity index (χ1n) is 8.10. The third-order valence-corrected chi connectivity index (χ3v) is 3.99. The Morgan fingerprint density at radius 1 is 1.09 bits per heavy atom. The summed E-state index contributed by atoms with van der Waals surface area (Å²) in [6, 6.07) is 5.01. The summed E-state index contributed by atoms with van der Waals surface area (Å²) in [5, 5.41) is 0. The lowest BCUT2D eigenvalue weighted by molar-refractivity contribution is 0.0449. The second kappa shape index (κ2) is 10.4. The van der Waals surface area contributed by atoms with Crippen LogP contribution in [0.5, 0.6) is 0 Å². The molecular formula is C18H25BrO4. The zero-order valence-electron chi connectivity index (χ0n) is 14.1. The highest BCUT2D eigenvalue weighted by molar-refractivity contribution is 9.10. The van der Waals surface area contributed by atoms with Gasteiger partial charge < -0.3 is 9.47 Å². The molecule has 0 saturated carbocycles. The van der Waals surface area contributed by atoms with Crippen molar-refractivity contribution in [3.05, 3.63) is 33.8 Å². The van der Waals surface area contributed by atoms with E-state index in [-0.39, 0.29) is 11.1 Å². The second-order valence-electron chi connectivity index (χ2n) is 5.82. The number of carbonyl (C=O) groups is 2. The lowest BCUT2D eigenvalue weighted by atomic mass is 10.1. The number of halogens is 1. The van der Waals surface area contributed by atoms with E-state index in [4.69, 9.17) is 9.47 Å². The smallest absolute Gasteiger partial charge is 0.340 e. The van der Waals surface area contributed by atoms with Crippen LogP contribution in [0.15, 0.2) is 22.7 Å². The Hall–Kier alpha value is -1.36. The molecule has 4 nitrogen and oxygen atoms in total. The van der Waals surface area contributed by atoms with E-state index in [0.29, 0.717) is 23.6 Å². The van der Waals surface area contributed by atoms with Gasteiger partial charge in [0.25, 0.3) is 0 Å². The van der Waals surface area contributed by atoms with E-state index in [1.807, 2.05) is 6.92 Å². The molecule has 0 aliphatic rings. The first-order valence-corrected chi connectivity index (χ1v) is 8.89. The Balaban J connectivity index is 2.76. The largest absolute Gasteiger partial charge is 0.462 e. The molecule has 0 radical (unpaired) electrons. The van der Waals surface area contributed by atoms with Gasteiger partial charge in [0.1, 0.15) is 0 Å². The summed E-state index contributed by atoms with van der Waals surface area (Å²) in [5.41, 5.74) is 0.475. The maximum Gasteiger partial charge on any atom is 0.340 e. The van der Waals surface area contributed by atoms with Gasteiger partial charge in [-0.1, -0.05) is 33.3 Å². The quantitative estimate of drug-likeness (QED) is 0.444. The van der Waals surface area contributed by atoms with Gasteiger partial charge >= 0.3 is 11.9 Å². The summed E-state index contributed by atoms with van der Waals surface area (Å²) < 4.78 is 11.0. The molecule has 0 unspecified atom stereocenters. The number of carbonyl (C=O) groups excluding carboxylic acids is 2. The SMILES string of the molecule is CCCCOC(=O)c1cccc(Br)c1C(=O)OCCCC(C)C. The Bertz CT molecular complexity index is 526. The number of ether oxygens (including phenoxy) is 2. The Kier molecular flexibility index (Phi) is 8.92. The van der Waals surface area contributed by atoms with Crippen molar-refractivity contribution in [2.75, 3.05) is 13.2 Å². The molecule has 128 valence electrons. The fraction of sp³-hybridized carbons (Fsp3) is 0.556. The van der Waals surface area contributed by atoms with E-state index < -0.39 is 11.9 Å². The van der Waals surface area contributed by atoms with Crippen LogP contribution in [0, 0.1) is 5.92 Å². The third-order valence-electron chi connectivity index (χ3n) is 3.33. The molecule has 1 rings (SSSR count). The molecule has 0 bridgehead atoms. The lowest BCUT2D eigenvalue weighted by Gasteiger charge is -2.11. The Morgan fingerprint density at radius 3 is 2.39 bits per heavy atom. The van der Waals surface area contributed by atoms with Gasteiger partial charge in [0, 0.05) is 4.47 Å². The monoisotopic (exact) mass is 384 g/mol. The molecule has 0 atom stereocenters. The van der Waals surface area contributed by atoms with Crippen molar-refractivity contribution < 1.29 is 19.1 Å². The van der Waals surface area contributed by atoms with E-state index in [0.717, 1.165) is 25.7 Å². The molecule has 23 heavy (non-hydrogen) atoms. The maximum absolute atomic E-state index is 12.3. The molecule has 0 heterocycles. The molecule has 0 fully saturated rings. The standard InChI is InChI=1S/C18H25BrO4/c1-4-5-11-22-17(20)14-9-6-10-15(19)16(14)18(21)23-12-7-8-13(2)3/h6,9-10,13H,4-5,7-8,11-12H2,1-3H3. The predicted molar refractivity (Wildman–Crippen MR) is 93.7 cm³/mol. The predicted octanol–water partition coefficient (Wildman–Crippen LogP) is 5.00. The number of rotatable bonds is 9. The molecule has 0 aromatic heterocycles. The normalized spacial score (nSPS) is 10.7. The molecule has 0 aliphatic carbocycles. The Labute approximate surface area is 146 Å². The first kappa shape index (κ1) is 19.7. The number of unbranched alkanes of at least 4 members (excludes halogenated alkanes) is 1. The van der Waals surface area contributed by atoms with Gasteiger partial charge in [-0.2, -0.15) is 0 Å². The van der Waals surface area contributed by atoms with Crippen LogP contribution in [0.3, 0.4) is 0 Å². The van der Waals surface area contributed by atoms with Crippen molar-refractivity contribution >= 4 is 27.9 Å². The minimum Gasteiger partial charge on any atom is -0.462 e. The fourth-order valence-corrected chi connectivity index (χ4v) is 2.55. The van der Waals surface area contributed by atoms with Crippen LogP contribution in [-0.2, 0) is 9.47 Å². The van der Waals surface area contributed by atoms with E-state index in [2.05, 4.69) is 29.8 Å². The minimum absolute atomic E-state index is 0.235. The molecule has 5 heteroatoms. The van der Waals surface area contributed by atoms with Crippen LogP contribution >= 0.6 is 15.9 Å². The van der Waals surface area contributed by atoms with E-state index in [1.54, 1.807) is 18.2 Å². The van der Waals surface area contributed by atoms with Crippen molar-refractivity contribution in [3.63, 3.8) is 0 Å². The molecule has 0 spiro atoms. The summed E-state index contributed by atoms with van der Waals surface area (Å²) in [7, 11) is 0. The van der Waals surface area contributed by atoms with Crippen molar-refractivity contribution in [3.8, 4) is 0 Å². The van der Waals surface area contributed by atoms with Crippen LogP contribution < -0.4 is 0 Å². The van der Waals surface area contributed by atoms with Crippen molar-refractivity contribution in [1.29, 1.82) is 0 Å². The van der Waals surface area contributed by atoms with Gasteiger partial charge in [-0.25, -0.2) is 9.59 Å². The molecule has 1 aromatic rings.